The summed E-state index contributed by atoms with van der Waals surface area (Å²) in [7, 11) is -0.564. The molecule has 2 unspecified atom stereocenters. The molecule has 2 aromatic carbocycles. The molecule has 0 saturated carbocycles. The molecule has 1 aromatic heterocycles. The Morgan fingerprint density at radius 2 is 1.81 bits per heavy atom. The molecule has 0 fully saturated rings. The zero-order chi connectivity index (χ0) is 22.4. The fourth-order valence-corrected chi connectivity index (χ4v) is 5.45. The maximum absolute atomic E-state index is 13.2. The van der Waals surface area contributed by atoms with Crippen LogP contribution in [0.25, 0.3) is 0 Å². The van der Waals surface area contributed by atoms with Gasteiger partial charge >= 0.3 is 0 Å². The van der Waals surface area contributed by atoms with Gasteiger partial charge in [0.15, 0.2) is 9.84 Å². The third-order valence-corrected chi connectivity index (χ3v) is 7.31. The number of sulfone groups is 1. The third-order valence-electron chi connectivity index (χ3n) is 4.64. The van der Waals surface area contributed by atoms with Crippen molar-refractivity contribution in [2.24, 2.45) is 5.73 Å². The van der Waals surface area contributed by atoms with Gasteiger partial charge in [0.05, 0.1) is 19.1 Å². The molecular formula is C21H26N4O4S2. The summed E-state index contributed by atoms with van der Waals surface area (Å²) in [5.41, 5.74) is 6.89. The molecule has 0 amide bonds. The second kappa shape index (κ2) is 10.1. The zero-order valence-corrected chi connectivity index (χ0v) is 19.2. The van der Waals surface area contributed by atoms with E-state index < -0.39 is 15.2 Å². The van der Waals surface area contributed by atoms with Crippen LogP contribution >= 0.6 is 11.5 Å². The predicted molar refractivity (Wildman–Crippen MR) is 122 cm³/mol. The van der Waals surface area contributed by atoms with Crippen LogP contribution in [0, 0.1) is 0 Å². The molecule has 8 nitrogen and oxygen atoms in total. The van der Waals surface area contributed by atoms with Gasteiger partial charge in [-0.1, -0.05) is 18.2 Å². The number of anilines is 1. The average molecular weight is 463 g/mol. The van der Waals surface area contributed by atoms with Crippen LogP contribution in [0.1, 0.15) is 24.7 Å². The van der Waals surface area contributed by atoms with E-state index in [0.29, 0.717) is 23.1 Å². The largest absolute Gasteiger partial charge is 0.497 e. The number of para-hydroxylation sites is 1. The van der Waals surface area contributed by atoms with Gasteiger partial charge < -0.3 is 20.5 Å². The molecular weight excluding hydrogens is 436 g/mol. The molecule has 0 aliphatic heterocycles. The lowest BCUT2D eigenvalue weighted by molar-refractivity contribution is 0.410. The molecule has 1 heterocycles. The highest BCUT2D eigenvalue weighted by Gasteiger charge is 2.29. The van der Waals surface area contributed by atoms with Gasteiger partial charge in [-0.05, 0) is 43.7 Å². The average Bonchev–Trinajstić information content (AvgIpc) is 3.20. The summed E-state index contributed by atoms with van der Waals surface area (Å²) in [5.74, 6) is 1.92. The number of nitrogens with zero attached hydrogens (tertiary/aromatic N) is 2. The third kappa shape index (κ3) is 5.72. The first-order valence-electron chi connectivity index (χ1n) is 9.68. The van der Waals surface area contributed by atoms with Crippen molar-refractivity contribution < 1.29 is 17.9 Å². The van der Waals surface area contributed by atoms with Gasteiger partial charge in [-0.2, -0.15) is 4.37 Å². The van der Waals surface area contributed by atoms with E-state index in [1.807, 2.05) is 24.3 Å². The molecule has 0 aliphatic rings. The molecule has 2 atom stereocenters. The topological polar surface area (TPSA) is 116 Å². The molecule has 3 rings (SSSR count). The van der Waals surface area contributed by atoms with Crippen LogP contribution < -0.4 is 20.5 Å². The molecule has 10 heteroatoms. The number of rotatable bonds is 10. The van der Waals surface area contributed by atoms with Crippen LogP contribution in [0.15, 0.2) is 53.4 Å². The second-order valence-corrected chi connectivity index (χ2v) is 9.95. The predicted octanol–water partition coefficient (Wildman–Crippen LogP) is 3.10. The monoisotopic (exact) mass is 462 g/mol. The Morgan fingerprint density at radius 1 is 1.10 bits per heavy atom. The van der Waals surface area contributed by atoms with Crippen LogP contribution in [0.3, 0.4) is 0 Å². The Hall–Kier alpha value is -2.69. The SMILES string of the molecule is COc1ccc(S(=O)(=O)C(CC(C)N)Nc2nc(Cc3ccccc3OC)ns2)cc1. The van der Waals surface area contributed by atoms with E-state index >= 15 is 0 Å². The summed E-state index contributed by atoms with van der Waals surface area (Å²) in [4.78, 5) is 4.66. The van der Waals surface area contributed by atoms with E-state index in [1.54, 1.807) is 26.2 Å². The number of ether oxygens (including phenoxy) is 2. The van der Waals surface area contributed by atoms with Crippen LogP contribution in [0.2, 0.25) is 0 Å². The zero-order valence-electron chi connectivity index (χ0n) is 17.6. The smallest absolute Gasteiger partial charge is 0.203 e. The highest BCUT2D eigenvalue weighted by atomic mass is 32.2. The van der Waals surface area contributed by atoms with Crippen molar-refractivity contribution in [1.29, 1.82) is 0 Å². The van der Waals surface area contributed by atoms with E-state index in [9.17, 15) is 8.42 Å². The van der Waals surface area contributed by atoms with Crippen molar-refractivity contribution in [3.8, 4) is 11.5 Å². The molecule has 31 heavy (non-hydrogen) atoms. The summed E-state index contributed by atoms with van der Waals surface area (Å²) in [6.07, 6.45) is 0.696. The fraction of sp³-hybridized carbons (Fsp3) is 0.333. The van der Waals surface area contributed by atoms with Gasteiger partial charge in [-0.25, -0.2) is 13.4 Å². The maximum Gasteiger partial charge on any atom is 0.203 e. The number of aromatic nitrogens is 2. The normalized spacial score (nSPS) is 13.4. The number of methoxy groups -OCH3 is 2. The number of hydrogen-bond donors (Lipinski definition) is 2. The van der Waals surface area contributed by atoms with Crippen LogP contribution in [0.4, 0.5) is 5.13 Å². The first kappa shape index (κ1) is 23.0. The van der Waals surface area contributed by atoms with E-state index in [1.165, 1.54) is 19.2 Å². The highest BCUT2D eigenvalue weighted by molar-refractivity contribution is 7.92. The van der Waals surface area contributed by atoms with Crippen molar-refractivity contribution in [1.82, 2.24) is 9.36 Å². The molecule has 0 aliphatic carbocycles. The Balaban J connectivity index is 1.81. The first-order valence-corrected chi connectivity index (χ1v) is 12.0. The number of nitrogens with two attached hydrogens (primary N) is 1. The summed E-state index contributed by atoms with van der Waals surface area (Å²) >= 11 is 1.12. The molecule has 0 spiro atoms. The van der Waals surface area contributed by atoms with Crippen molar-refractivity contribution in [3.63, 3.8) is 0 Å². The standard InChI is InChI=1S/C21H26N4O4S2/c1-14(22)12-20(31(26,27)17-10-8-16(28-2)9-11-17)24-21-23-19(25-30-21)13-15-6-4-5-7-18(15)29-3/h4-11,14,20H,12-13,22H2,1-3H3,(H,23,24,25). The summed E-state index contributed by atoms with van der Waals surface area (Å²) in [5, 5.41) is 2.51. The Kier molecular flexibility index (Phi) is 7.47. The molecule has 166 valence electrons. The maximum atomic E-state index is 13.2. The van der Waals surface area contributed by atoms with Gasteiger partial charge in [-0.3, -0.25) is 0 Å². The van der Waals surface area contributed by atoms with Crippen molar-refractivity contribution in [2.75, 3.05) is 19.5 Å². The van der Waals surface area contributed by atoms with Gasteiger partial charge in [0.1, 0.15) is 22.7 Å². The number of benzene rings is 2. The van der Waals surface area contributed by atoms with Crippen molar-refractivity contribution in [3.05, 3.63) is 59.9 Å². The fourth-order valence-electron chi connectivity index (χ4n) is 3.07. The highest BCUT2D eigenvalue weighted by Crippen LogP contribution is 2.26. The quantitative estimate of drug-likeness (QED) is 0.472. The van der Waals surface area contributed by atoms with Crippen molar-refractivity contribution in [2.45, 2.75) is 36.1 Å². The number of hydrogen-bond acceptors (Lipinski definition) is 9. The lowest BCUT2D eigenvalue weighted by atomic mass is 10.1. The Morgan fingerprint density at radius 3 is 2.45 bits per heavy atom. The van der Waals surface area contributed by atoms with Crippen molar-refractivity contribution >= 4 is 26.5 Å². The summed E-state index contributed by atoms with van der Waals surface area (Å²) in [6.45, 7) is 1.77. The molecule has 0 radical (unpaired) electrons. The van der Waals surface area contributed by atoms with Crippen LogP contribution in [-0.4, -0.2) is 43.4 Å². The van der Waals surface area contributed by atoms with Gasteiger partial charge in [0.25, 0.3) is 0 Å². The molecule has 0 bridgehead atoms. The van der Waals surface area contributed by atoms with E-state index in [0.717, 1.165) is 22.8 Å². The van der Waals surface area contributed by atoms with Crippen LogP contribution in [0.5, 0.6) is 11.5 Å². The first-order chi connectivity index (χ1) is 14.8. The minimum Gasteiger partial charge on any atom is -0.497 e. The Bertz CT molecular complexity index is 1100. The summed E-state index contributed by atoms with van der Waals surface area (Å²) < 4.78 is 41.3. The lowest BCUT2D eigenvalue weighted by Gasteiger charge is -2.20. The van der Waals surface area contributed by atoms with Crippen LogP contribution in [-0.2, 0) is 16.3 Å². The second-order valence-electron chi connectivity index (χ2n) is 7.07. The van der Waals surface area contributed by atoms with Gasteiger partial charge in [-0.15, -0.1) is 0 Å². The van der Waals surface area contributed by atoms with E-state index in [2.05, 4.69) is 14.7 Å². The minimum absolute atomic E-state index is 0.185. The van der Waals surface area contributed by atoms with Gasteiger partial charge in [0, 0.05) is 29.6 Å². The minimum atomic E-state index is -3.71. The van der Waals surface area contributed by atoms with Gasteiger partial charge in [0.2, 0.25) is 5.13 Å². The lowest BCUT2D eigenvalue weighted by Crippen LogP contribution is -2.35. The molecule has 0 saturated heterocycles. The number of nitrogens with one attached hydrogen (secondary N) is 1. The molecule has 3 aromatic rings. The summed E-state index contributed by atoms with van der Waals surface area (Å²) in [6, 6.07) is 13.6. The van der Waals surface area contributed by atoms with E-state index in [4.69, 9.17) is 15.2 Å². The van der Waals surface area contributed by atoms with E-state index in [-0.39, 0.29) is 17.4 Å². The Labute approximate surface area is 186 Å². The molecule has 3 N–H and O–H groups in total.